The van der Waals surface area contributed by atoms with Gasteiger partial charge < -0.3 is 10.2 Å². The van der Waals surface area contributed by atoms with Crippen LogP contribution in [0.1, 0.15) is 105 Å². The highest BCUT2D eigenvalue weighted by atomic mass is 19.4. The molecule has 38 heavy (non-hydrogen) atoms. The first-order valence-corrected chi connectivity index (χ1v) is 13.8. The molecule has 2 N–H and O–H groups in total. The summed E-state index contributed by atoms with van der Waals surface area (Å²) in [5.74, 6) is 0.365. The van der Waals surface area contributed by atoms with E-state index in [4.69, 9.17) is 0 Å². The summed E-state index contributed by atoms with van der Waals surface area (Å²) in [6, 6.07) is 11.4. The lowest BCUT2D eigenvalue weighted by atomic mass is 9.79. The molecule has 2 aliphatic rings. The Kier molecular flexibility index (Phi) is 8.50. The van der Waals surface area contributed by atoms with Crippen molar-refractivity contribution in [3.05, 3.63) is 70.8 Å². The van der Waals surface area contributed by atoms with Crippen LogP contribution in [-0.2, 0) is 11.0 Å². The lowest BCUT2D eigenvalue weighted by Gasteiger charge is -2.46. The molecule has 1 saturated heterocycles. The lowest BCUT2D eigenvalue weighted by molar-refractivity contribution is -0.137. The Bertz CT molecular complexity index is 1110. The van der Waals surface area contributed by atoms with Crippen molar-refractivity contribution in [2.24, 2.45) is 5.92 Å². The summed E-state index contributed by atoms with van der Waals surface area (Å²) in [6.07, 6.45) is 1.75. The zero-order valence-corrected chi connectivity index (χ0v) is 22.4. The van der Waals surface area contributed by atoms with Crippen molar-refractivity contribution in [1.82, 2.24) is 15.5 Å². The Labute approximate surface area is 223 Å². The van der Waals surface area contributed by atoms with E-state index in [0.29, 0.717) is 30.0 Å². The first-order chi connectivity index (χ1) is 18.1. The molecule has 8 heteroatoms. The first-order valence-electron chi connectivity index (χ1n) is 13.8. The number of rotatable bonds is 8. The Morgan fingerprint density at radius 1 is 1.05 bits per heavy atom. The van der Waals surface area contributed by atoms with Crippen LogP contribution in [0.25, 0.3) is 0 Å². The van der Waals surface area contributed by atoms with Gasteiger partial charge in [0.05, 0.1) is 17.3 Å². The van der Waals surface area contributed by atoms with E-state index in [1.165, 1.54) is 12.1 Å². The van der Waals surface area contributed by atoms with Gasteiger partial charge in [0.1, 0.15) is 6.04 Å². The van der Waals surface area contributed by atoms with Gasteiger partial charge in [0.25, 0.3) is 5.91 Å². The maximum atomic E-state index is 14.1. The van der Waals surface area contributed by atoms with Crippen LogP contribution >= 0.6 is 0 Å². The van der Waals surface area contributed by atoms with Crippen molar-refractivity contribution in [2.45, 2.75) is 89.6 Å². The maximum absolute atomic E-state index is 14.1. The Balaban J connectivity index is 1.66. The fraction of sp³-hybridized carbons (Fsp3) is 0.533. The molecular formula is C30H38F3N3O2. The van der Waals surface area contributed by atoms with Crippen LogP contribution in [0.2, 0.25) is 0 Å². The summed E-state index contributed by atoms with van der Waals surface area (Å²) < 4.78 is 39.5. The highest BCUT2D eigenvalue weighted by Crippen LogP contribution is 2.47. The summed E-state index contributed by atoms with van der Waals surface area (Å²) in [6.45, 7) is 6.83. The molecule has 2 fully saturated rings. The second kappa shape index (κ2) is 11.5. The molecule has 1 aliphatic carbocycles. The molecule has 1 saturated carbocycles. The van der Waals surface area contributed by atoms with E-state index in [0.717, 1.165) is 56.2 Å². The van der Waals surface area contributed by atoms with Crippen LogP contribution in [0.3, 0.4) is 0 Å². The zero-order chi connectivity index (χ0) is 27.5. The SMILES string of the molecule is CCCNC(=O)c1ccc([C@@H](CC)N2C(=O)C(c3ccc(C(F)(F)F)cc3)NC23CCC(CC)CC3)cc1. The first kappa shape index (κ1) is 28.1. The number of benzene rings is 2. The average molecular weight is 530 g/mol. The Morgan fingerprint density at radius 3 is 2.21 bits per heavy atom. The second-order valence-corrected chi connectivity index (χ2v) is 10.6. The predicted octanol–water partition coefficient (Wildman–Crippen LogP) is 6.77. The number of hydrogen-bond acceptors (Lipinski definition) is 3. The topological polar surface area (TPSA) is 61.4 Å². The van der Waals surface area contributed by atoms with Gasteiger partial charge in [-0.2, -0.15) is 13.2 Å². The van der Waals surface area contributed by atoms with E-state index in [2.05, 4.69) is 17.6 Å². The zero-order valence-electron chi connectivity index (χ0n) is 22.4. The molecule has 206 valence electrons. The van der Waals surface area contributed by atoms with E-state index in [9.17, 15) is 22.8 Å². The molecule has 0 radical (unpaired) electrons. The van der Waals surface area contributed by atoms with Crippen molar-refractivity contribution >= 4 is 11.8 Å². The van der Waals surface area contributed by atoms with E-state index >= 15 is 0 Å². The molecule has 1 unspecified atom stereocenters. The van der Waals surface area contributed by atoms with Crippen molar-refractivity contribution in [3.63, 3.8) is 0 Å². The molecule has 2 amide bonds. The average Bonchev–Trinajstić information content (AvgIpc) is 3.19. The van der Waals surface area contributed by atoms with E-state index in [-0.39, 0.29) is 17.9 Å². The standard InChI is InChI=1S/C30H38F3N3O2/c1-4-19-34-27(37)23-9-7-21(8-10-23)25(6-3)36-28(38)26(22-11-13-24(14-12-22)30(31,32)33)35-29(36)17-15-20(5-2)16-18-29/h7-14,20,25-26,35H,4-6,15-19H2,1-3H3,(H,34,37)/t20?,25-,26?,29?/m1/s1. The molecule has 2 atom stereocenters. The molecule has 2 aromatic carbocycles. The van der Waals surface area contributed by atoms with Gasteiger partial charge >= 0.3 is 6.18 Å². The van der Waals surface area contributed by atoms with Gasteiger partial charge in [0.2, 0.25) is 5.91 Å². The van der Waals surface area contributed by atoms with Gasteiger partial charge in [0, 0.05) is 12.1 Å². The highest BCUT2D eigenvalue weighted by Gasteiger charge is 2.54. The number of halogens is 3. The van der Waals surface area contributed by atoms with Crippen molar-refractivity contribution in [3.8, 4) is 0 Å². The van der Waals surface area contributed by atoms with Crippen LogP contribution < -0.4 is 10.6 Å². The van der Waals surface area contributed by atoms with Gasteiger partial charge in [0.15, 0.2) is 0 Å². The fourth-order valence-electron chi connectivity index (χ4n) is 6.01. The van der Waals surface area contributed by atoms with E-state index in [1.54, 1.807) is 12.1 Å². The fourth-order valence-corrected chi connectivity index (χ4v) is 6.01. The monoisotopic (exact) mass is 529 g/mol. The molecule has 0 bridgehead atoms. The van der Waals surface area contributed by atoms with Crippen LogP contribution in [0.15, 0.2) is 48.5 Å². The van der Waals surface area contributed by atoms with E-state index < -0.39 is 23.4 Å². The minimum atomic E-state index is -4.43. The third-order valence-corrected chi connectivity index (χ3v) is 8.23. The molecule has 2 aromatic rings. The van der Waals surface area contributed by atoms with Gasteiger partial charge in [-0.05, 0) is 79.8 Å². The number of alkyl halides is 3. The van der Waals surface area contributed by atoms with Crippen molar-refractivity contribution < 1.29 is 22.8 Å². The number of carbonyl (C=O) groups excluding carboxylic acids is 2. The Morgan fingerprint density at radius 2 is 1.68 bits per heavy atom. The number of hydrogen-bond donors (Lipinski definition) is 2. The van der Waals surface area contributed by atoms with Gasteiger partial charge in [-0.3, -0.25) is 14.9 Å². The van der Waals surface area contributed by atoms with E-state index in [1.807, 2.05) is 30.9 Å². The van der Waals surface area contributed by atoms with Crippen molar-refractivity contribution in [1.29, 1.82) is 0 Å². The summed E-state index contributed by atoms with van der Waals surface area (Å²) in [7, 11) is 0. The summed E-state index contributed by atoms with van der Waals surface area (Å²) in [5, 5.41) is 6.48. The van der Waals surface area contributed by atoms with Crippen LogP contribution in [-0.4, -0.2) is 28.9 Å². The lowest BCUT2D eigenvalue weighted by Crippen LogP contribution is -2.55. The molecule has 1 aliphatic heterocycles. The van der Waals surface area contributed by atoms with Gasteiger partial charge in [-0.15, -0.1) is 0 Å². The third-order valence-electron chi connectivity index (χ3n) is 8.23. The van der Waals surface area contributed by atoms with Gasteiger partial charge in [-0.25, -0.2) is 0 Å². The molecular weight excluding hydrogens is 491 g/mol. The summed E-state index contributed by atoms with van der Waals surface area (Å²) in [5.41, 5.74) is 0.772. The molecule has 1 spiro atoms. The number of nitrogens with zero attached hydrogens (tertiary/aromatic N) is 1. The third kappa shape index (κ3) is 5.60. The Hall–Kier alpha value is -2.87. The van der Waals surface area contributed by atoms with Crippen molar-refractivity contribution in [2.75, 3.05) is 6.54 Å². The molecule has 4 rings (SSSR count). The molecule has 0 aromatic heterocycles. The molecule has 5 nitrogen and oxygen atoms in total. The minimum absolute atomic E-state index is 0.115. The largest absolute Gasteiger partial charge is 0.416 e. The second-order valence-electron chi connectivity index (χ2n) is 10.6. The summed E-state index contributed by atoms with van der Waals surface area (Å²) >= 11 is 0. The van der Waals surface area contributed by atoms with Crippen LogP contribution in [0.5, 0.6) is 0 Å². The normalized spacial score (nSPS) is 24.6. The van der Waals surface area contributed by atoms with Crippen LogP contribution in [0, 0.1) is 5.92 Å². The predicted molar refractivity (Wildman–Crippen MR) is 141 cm³/mol. The number of nitrogens with one attached hydrogen (secondary N) is 2. The molecule has 1 heterocycles. The number of carbonyl (C=O) groups is 2. The minimum Gasteiger partial charge on any atom is -0.352 e. The summed E-state index contributed by atoms with van der Waals surface area (Å²) in [4.78, 5) is 28.4. The smallest absolute Gasteiger partial charge is 0.352 e. The quantitative estimate of drug-likeness (QED) is 0.397. The number of amides is 2. The van der Waals surface area contributed by atoms with Gasteiger partial charge in [-0.1, -0.05) is 51.5 Å². The highest BCUT2D eigenvalue weighted by molar-refractivity contribution is 5.94. The van der Waals surface area contributed by atoms with Crippen LogP contribution in [0.4, 0.5) is 13.2 Å². The maximum Gasteiger partial charge on any atom is 0.416 e.